The van der Waals surface area contributed by atoms with Gasteiger partial charge in [0.2, 0.25) is 11.8 Å². The first-order chi connectivity index (χ1) is 26.2. The quantitative estimate of drug-likeness (QED) is 0.229. The Morgan fingerprint density at radius 3 is 2.07 bits per heavy atom. The Balaban J connectivity index is 1.16. The van der Waals surface area contributed by atoms with E-state index in [4.69, 9.17) is 0 Å². The lowest BCUT2D eigenvalue weighted by Gasteiger charge is -2.70. The zero-order valence-electron chi connectivity index (χ0n) is 36.8. The summed E-state index contributed by atoms with van der Waals surface area (Å²) in [6.45, 7) is 23.6. The molecule has 1 saturated heterocycles. The average Bonchev–Trinajstić information content (AvgIpc) is 3.11. The second-order valence-corrected chi connectivity index (χ2v) is 23.1. The smallest absolute Gasteiger partial charge is 0.243 e. The van der Waals surface area contributed by atoms with Crippen LogP contribution in [0.15, 0.2) is 35.9 Å². The summed E-state index contributed by atoms with van der Waals surface area (Å²) in [5.74, 6) is 0.178. The van der Waals surface area contributed by atoms with Crippen LogP contribution in [-0.2, 0) is 26.0 Å². The first-order valence-electron chi connectivity index (χ1n) is 22.0. The molecule has 5 aliphatic carbocycles. The third kappa shape index (κ3) is 6.63. The van der Waals surface area contributed by atoms with E-state index >= 15 is 0 Å². The van der Waals surface area contributed by atoms with Gasteiger partial charge in [-0.05, 0) is 161 Å². The number of nitrogens with zero attached hydrogens (tertiary/aromatic N) is 1. The van der Waals surface area contributed by atoms with E-state index < -0.39 is 22.5 Å². The van der Waals surface area contributed by atoms with Crippen molar-refractivity contribution >= 4 is 17.6 Å². The van der Waals surface area contributed by atoms with Gasteiger partial charge < -0.3 is 20.8 Å². The number of carbonyl (C=O) groups is 3. The number of ketones is 1. The maximum atomic E-state index is 14.8. The van der Waals surface area contributed by atoms with Crippen molar-refractivity contribution in [2.45, 2.75) is 182 Å². The minimum Gasteiger partial charge on any atom is -0.508 e. The van der Waals surface area contributed by atoms with Gasteiger partial charge in [-0.15, -0.1) is 10.3 Å². The van der Waals surface area contributed by atoms with E-state index in [1.54, 1.807) is 24.3 Å². The summed E-state index contributed by atoms with van der Waals surface area (Å²) in [4.78, 5) is 43.9. The molecular weight excluding hydrogens is 715 g/mol. The number of amides is 2. The van der Waals surface area contributed by atoms with Crippen molar-refractivity contribution in [2.24, 2.45) is 50.2 Å². The molecule has 0 bridgehead atoms. The van der Waals surface area contributed by atoms with Crippen LogP contribution in [-0.4, -0.2) is 62.1 Å². The molecule has 57 heavy (non-hydrogen) atoms. The van der Waals surface area contributed by atoms with Crippen LogP contribution in [0.3, 0.4) is 0 Å². The van der Waals surface area contributed by atoms with Gasteiger partial charge in [0, 0.05) is 34.9 Å². The minimum atomic E-state index is -0.857. The Morgan fingerprint density at radius 2 is 1.44 bits per heavy atom. The van der Waals surface area contributed by atoms with Crippen LogP contribution in [0, 0.1) is 50.2 Å². The third-order valence-electron chi connectivity index (χ3n) is 18.0. The molecule has 6 aliphatic rings. The normalized spacial score (nSPS) is 41.6. The third-order valence-corrected chi connectivity index (χ3v) is 18.0. The number of carbonyl (C=O) groups excluding carboxylic acids is 3. The van der Waals surface area contributed by atoms with E-state index in [9.17, 15) is 29.8 Å². The van der Waals surface area contributed by atoms with Gasteiger partial charge in [0.15, 0.2) is 5.78 Å². The summed E-state index contributed by atoms with van der Waals surface area (Å²) in [5.41, 5.74) is -0.921. The molecule has 4 saturated carbocycles. The number of hydroxylamine groups is 2. The predicted molar refractivity (Wildman–Crippen MR) is 221 cm³/mol. The maximum absolute atomic E-state index is 14.8. The monoisotopic (exact) mass is 787 g/mol. The first-order valence-corrected chi connectivity index (χ1v) is 22.0. The summed E-state index contributed by atoms with van der Waals surface area (Å²) in [5, 5.41) is 41.8. The lowest BCUT2D eigenvalue weighted by molar-refractivity contribution is -0.290. The van der Waals surface area contributed by atoms with Gasteiger partial charge in [-0.25, -0.2) is 0 Å². The number of aliphatic hydroxyl groups excluding tert-OH is 1. The average molecular weight is 787 g/mol. The van der Waals surface area contributed by atoms with E-state index in [1.807, 2.05) is 33.8 Å². The van der Waals surface area contributed by atoms with Gasteiger partial charge in [0.25, 0.3) is 0 Å². The minimum absolute atomic E-state index is 0.0362. The number of phenols is 1. The van der Waals surface area contributed by atoms with E-state index in [0.717, 1.165) is 55.6 Å². The Kier molecular flexibility index (Phi) is 10.1. The van der Waals surface area contributed by atoms with E-state index in [0.29, 0.717) is 25.7 Å². The van der Waals surface area contributed by atoms with Crippen molar-refractivity contribution in [3.63, 3.8) is 0 Å². The van der Waals surface area contributed by atoms with Gasteiger partial charge in [-0.2, -0.15) is 0 Å². The molecule has 1 aromatic rings. The molecule has 315 valence electrons. The molecular formula is C48H72N3O6. The number of piperidine rings is 1. The molecule has 5 fully saturated rings. The van der Waals surface area contributed by atoms with Crippen LogP contribution in [0.1, 0.15) is 152 Å². The zero-order chi connectivity index (χ0) is 41.9. The van der Waals surface area contributed by atoms with Crippen LogP contribution >= 0.6 is 0 Å². The SMILES string of the molecule is CC1(C)[C@@H](O)CC[C@]2(C)[C@H]3C(=O)C=C4[C@@H]5C[C@@](C)(C(=O)N[C@@H](Cc6ccc(O)cc6)C(=O)NC6CC(C)(C)N([O])C(C)(C)C6)CC[C@]5(C)CC[C@@]4(C)[C@]3(C)CC[C@@H]12. The van der Waals surface area contributed by atoms with Crippen molar-refractivity contribution < 1.29 is 29.8 Å². The van der Waals surface area contributed by atoms with Gasteiger partial charge >= 0.3 is 0 Å². The molecule has 7 rings (SSSR count). The molecule has 1 aromatic carbocycles. The molecule has 10 atom stereocenters. The number of hydrogen-bond acceptors (Lipinski definition) is 6. The Labute approximate surface area is 342 Å². The number of nitrogens with one attached hydrogen (secondary N) is 2. The second kappa shape index (κ2) is 13.6. The Morgan fingerprint density at radius 1 is 0.825 bits per heavy atom. The standard InChI is InChI=1S/C48H72N3O6/c1-41(2)26-30(27-42(3,4)51(41)57)49-39(55)34(24-29-12-14-31(52)15-13-29)50-40(56)45(8)21-20-44(7)22-23-47(10)32(33(44)28-45)25-35(53)38-46(9)18-17-37(54)43(5,6)36(46)16-19-48(38,47)11/h12-15,25,30,33-34,36-38,52,54H,16-24,26-28H2,1-11H3,(H,49,55)(H,50,56)/t33-,34-,36-,37-,38+,44+,45-,46-,47+,48+/m0/s1. The highest BCUT2D eigenvalue weighted by Crippen LogP contribution is 2.75. The second-order valence-electron chi connectivity index (χ2n) is 23.1. The largest absolute Gasteiger partial charge is 0.508 e. The van der Waals surface area contributed by atoms with E-state index in [1.165, 1.54) is 5.57 Å². The summed E-state index contributed by atoms with van der Waals surface area (Å²) >= 11 is 0. The molecule has 2 amide bonds. The predicted octanol–water partition coefficient (Wildman–Crippen LogP) is 8.24. The highest BCUT2D eigenvalue weighted by atomic mass is 16.5. The fourth-order valence-electron chi connectivity index (χ4n) is 14.5. The number of benzene rings is 1. The molecule has 1 radical (unpaired) electrons. The van der Waals surface area contributed by atoms with Gasteiger partial charge in [-0.1, -0.05) is 66.2 Å². The highest BCUT2D eigenvalue weighted by Gasteiger charge is 2.70. The summed E-state index contributed by atoms with van der Waals surface area (Å²) in [7, 11) is 0. The summed E-state index contributed by atoms with van der Waals surface area (Å²) in [6.07, 6.45) is 10.7. The van der Waals surface area contributed by atoms with Crippen LogP contribution in [0.5, 0.6) is 5.75 Å². The molecule has 4 N–H and O–H groups in total. The fourth-order valence-corrected chi connectivity index (χ4v) is 14.5. The lowest BCUT2D eigenvalue weighted by Crippen LogP contribution is -2.66. The first kappa shape index (κ1) is 42.4. The number of aromatic hydroxyl groups is 1. The van der Waals surface area contributed by atoms with Crippen LogP contribution in [0.4, 0.5) is 0 Å². The molecule has 0 spiro atoms. The number of allylic oxidation sites excluding steroid dienone is 2. The van der Waals surface area contributed by atoms with Gasteiger partial charge in [0.1, 0.15) is 11.8 Å². The Hall–Kier alpha value is -2.75. The molecule has 1 heterocycles. The van der Waals surface area contributed by atoms with E-state index in [-0.39, 0.29) is 86.7 Å². The van der Waals surface area contributed by atoms with Gasteiger partial charge in [0.05, 0.1) is 6.10 Å². The molecule has 1 aliphatic heterocycles. The summed E-state index contributed by atoms with van der Waals surface area (Å²) in [6, 6.07) is 5.67. The summed E-state index contributed by atoms with van der Waals surface area (Å²) < 4.78 is 0. The maximum Gasteiger partial charge on any atom is 0.243 e. The Bertz CT molecular complexity index is 1800. The van der Waals surface area contributed by atoms with Crippen molar-refractivity contribution in [3.05, 3.63) is 41.5 Å². The van der Waals surface area contributed by atoms with Crippen molar-refractivity contribution in [1.29, 1.82) is 0 Å². The number of hydrogen-bond donors (Lipinski definition) is 4. The van der Waals surface area contributed by atoms with Crippen molar-refractivity contribution in [2.75, 3.05) is 0 Å². The topological polar surface area (TPSA) is 139 Å². The van der Waals surface area contributed by atoms with Crippen LogP contribution < -0.4 is 10.6 Å². The van der Waals surface area contributed by atoms with Crippen LogP contribution in [0.25, 0.3) is 0 Å². The molecule has 9 nitrogen and oxygen atoms in total. The number of fused-ring (bicyclic) bond motifs is 7. The number of phenolic OH excluding ortho intramolecular Hbond substituents is 1. The molecule has 0 unspecified atom stereocenters. The molecule has 9 heteroatoms. The fraction of sp³-hybridized carbons (Fsp3) is 0.771. The number of rotatable bonds is 6. The van der Waals surface area contributed by atoms with E-state index in [2.05, 4.69) is 59.1 Å². The zero-order valence-corrected chi connectivity index (χ0v) is 36.8. The lowest BCUT2D eigenvalue weighted by atomic mass is 9.33. The molecule has 0 aromatic heterocycles. The van der Waals surface area contributed by atoms with Crippen molar-refractivity contribution in [3.8, 4) is 5.75 Å². The number of aliphatic hydroxyl groups is 1. The van der Waals surface area contributed by atoms with Gasteiger partial charge in [-0.3, -0.25) is 14.4 Å². The highest BCUT2D eigenvalue weighted by molar-refractivity contribution is 5.96. The van der Waals surface area contributed by atoms with Crippen molar-refractivity contribution in [1.82, 2.24) is 15.7 Å². The van der Waals surface area contributed by atoms with Crippen LogP contribution in [0.2, 0.25) is 0 Å².